The lowest BCUT2D eigenvalue weighted by Crippen LogP contribution is -2.24. The number of aryl methyl sites for hydroxylation is 2. The molecule has 0 bridgehead atoms. The van der Waals surface area contributed by atoms with Crippen LogP contribution in [-0.2, 0) is 11.3 Å². The van der Waals surface area contributed by atoms with Gasteiger partial charge in [0.1, 0.15) is 11.9 Å². The van der Waals surface area contributed by atoms with E-state index >= 15 is 0 Å². The van der Waals surface area contributed by atoms with Crippen LogP contribution < -0.4 is 5.32 Å². The Balaban J connectivity index is 1.79. The van der Waals surface area contributed by atoms with Gasteiger partial charge in [-0.1, -0.05) is 18.2 Å². The molecule has 0 aliphatic rings. The Morgan fingerprint density at radius 2 is 1.92 bits per heavy atom. The monoisotopic (exact) mass is 355 g/mol. The van der Waals surface area contributed by atoms with Crippen molar-refractivity contribution in [1.82, 2.24) is 19.6 Å². The van der Waals surface area contributed by atoms with Crippen molar-refractivity contribution in [1.29, 1.82) is 0 Å². The second-order valence-electron chi connectivity index (χ2n) is 6.40. The fraction of sp³-hybridized carbons (Fsp3) is 0.316. The van der Waals surface area contributed by atoms with Gasteiger partial charge in [0.2, 0.25) is 5.91 Å². The normalized spacial score (nSPS) is 12.2. The molecule has 1 aromatic carbocycles. The standard InChI is InChI=1S/C19H22FN5O/c1-12-9-10-24(22-12)15(4)19(26)21-18-13(2)23-25(14(18)3)11-16-7-5-6-8-17(16)20/h5-10,15H,11H2,1-4H3,(H,21,26). The molecule has 0 spiro atoms. The Morgan fingerprint density at radius 1 is 1.19 bits per heavy atom. The molecule has 6 nitrogen and oxygen atoms in total. The average molecular weight is 355 g/mol. The second kappa shape index (κ2) is 7.11. The fourth-order valence-electron chi connectivity index (χ4n) is 2.82. The summed E-state index contributed by atoms with van der Waals surface area (Å²) in [5.74, 6) is -0.446. The molecule has 26 heavy (non-hydrogen) atoms. The summed E-state index contributed by atoms with van der Waals surface area (Å²) in [7, 11) is 0. The first kappa shape index (κ1) is 17.8. The van der Waals surface area contributed by atoms with Crippen LogP contribution in [0.2, 0.25) is 0 Å². The quantitative estimate of drug-likeness (QED) is 0.763. The molecule has 136 valence electrons. The van der Waals surface area contributed by atoms with Crippen LogP contribution in [0.5, 0.6) is 0 Å². The summed E-state index contributed by atoms with van der Waals surface area (Å²) in [4.78, 5) is 12.6. The maximum absolute atomic E-state index is 13.9. The predicted octanol–water partition coefficient (Wildman–Crippen LogP) is 3.39. The Labute approximate surface area is 151 Å². The molecule has 2 aromatic heterocycles. The number of hydrogen-bond acceptors (Lipinski definition) is 3. The summed E-state index contributed by atoms with van der Waals surface area (Å²) in [6.45, 7) is 7.66. The van der Waals surface area contributed by atoms with Crippen LogP contribution in [0, 0.1) is 26.6 Å². The van der Waals surface area contributed by atoms with E-state index in [1.807, 2.05) is 26.8 Å². The topological polar surface area (TPSA) is 64.7 Å². The number of aromatic nitrogens is 4. The lowest BCUT2D eigenvalue weighted by molar-refractivity contribution is -0.119. The van der Waals surface area contributed by atoms with Gasteiger partial charge in [-0.05, 0) is 39.8 Å². The maximum atomic E-state index is 13.9. The Hall–Kier alpha value is -2.96. The molecule has 0 radical (unpaired) electrons. The summed E-state index contributed by atoms with van der Waals surface area (Å²) in [6.07, 6.45) is 1.78. The van der Waals surface area contributed by atoms with Gasteiger partial charge in [0.15, 0.2) is 0 Å². The number of nitrogens with one attached hydrogen (secondary N) is 1. The van der Waals surface area contributed by atoms with Gasteiger partial charge < -0.3 is 5.32 Å². The summed E-state index contributed by atoms with van der Waals surface area (Å²) >= 11 is 0. The van der Waals surface area contributed by atoms with E-state index in [-0.39, 0.29) is 11.7 Å². The van der Waals surface area contributed by atoms with E-state index in [9.17, 15) is 9.18 Å². The van der Waals surface area contributed by atoms with Crippen LogP contribution >= 0.6 is 0 Å². The first-order valence-electron chi connectivity index (χ1n) is 8.47. The van der Waals surface area contributed by atoms with Crippen molar-refractivity contribution in [3.05, 3.63) is 65.0 Å². The average Bonchev–Trinajstić information content (AvgIpc) is 3.15. The van der Waals surface area contributed by atoms with Crippen molar-refractivity contribution in [3.63, 3.8) is 0 Å². The molecule has 0 saturated carbocycles. The minimum Gasteiger partial charge on any atom is -0.321 e. The van der Waals surface area contributed by atoms with Crippen LogP contribution in [0.4, 0.5) is 10.1 Å². The minimum absolute atomic E-state index is 0.176. The van der Waals surface area contributed by atoms with Gasteiger partial charge >= 0.3 is 0 Å². The number of nitrogens with zero attached hydrogens (tertiary/aromatic N) is 4. The zero-order valence-electron chi connectivity index (χ0n) is 15.3. The lowest BCUT2D eigenvalue weighted by Gasteiger charge is -2.13. The molecular formula is C19H22FN5O. The number of carbonyl (C=O) groups is 1. The van der Waals surface area contributed by atoms with Crippen molar-refractivity contribution in [2.45, 2.75) is 40.3 Å². The smallest absolute Gasteiger partial charge is 0.249 e. The van der Waals surface area contributed by atoms with Crippen molar-refractivity contribution < 1.29 is 9.18 Å². The first-order valence-corrected chi connectivity index (χ1v) is 8.47. The zero-order chi connectivity index (χ0) is 18.8. The van der Waals surface area contributed by atoms with Crippen molar-refractivity contribution >= 4 is 11.6 Å². The van der Waals surface area contributed by atoms with Crippen LogP contribution in [0.25, 0.3) is 0 Å². The maximum Gasteiger partial charge on any atom is 0.249 e. The summed E-state index contributed by atoms with van der Waals surface area (Å²) < 4.78 is 17.2. The van der Waals surface area contributed by atoms with Crippen LogP contribution in [0.1, 0.15) is 35.6 Å². The van der Waals surface area contributed by atoms with Crippen molar-refractivity contribution in [3.8, 4) is 0 Å². The van der Waals surface area contributed by atoms with E-state index in [2.05, 4.69) is 15.5 Å². The van der Waals surface area contributed by atoms with E-state index in [0.29, 0.717) is 23.5 Å². The third-order valence-corrected chi connectivity index (χ3v) is 4.43. The van der Waals surface area contributed by atoms with Gasteiger partial charge in [0.05, 0.1) is 29.3 Å². The van der Waals surface area contributed by atoms with Gasteiger partial charge in [0, 0.05) is 11.8 Å². The molecule has 0 aliphatic carbocycles. The van der Waals surface area contributed by atoms with Crippen LogP contribution in [0.3, 0.4) is 0 Å². The van der Waals surface area contributed by atoms with E-state index in [4.69, 9.17) is 0 Å². The molecule has 1 unspecified atom stereocenters. The van der Waals surface area contributed by atoms with Gasteiger partial charge in [-0.2, -0.15) is 10.2 Å². The Kier molecular flexibility index (Phi) is 4.88. The van der Waals surface area contributed by atoms with Gasteiger partial charge in [0.25, 0.3) is 0 Å². The van der Waals surface area contributed by atoms with Gasteiger partial charge in [-0.25, -0.2) is 4.39 Å². The van der Waals surface area contributed by atoms with Crippen LogP contribution in [-0.4, -0.2) is 25.5 Å². The van der Waals surface area contributed by atoms with Crippen LogP contribution in [0.15, 0.2) is 36.5 Å². The highest BCUT2D eigenvalue weighted by Gasteiger charge is 2.20. The molecule has 3 rings (SSSR count). The second-order valence-corrected chi connectivity index (χ2v) is 6.40. The highest BCUT2D eigenvalue weighted by molar-refractivity contribution is 5.94. The summed E-state index contributed by atoms with van der Waals surface area (Å²) in [6, 6.07) is 8.01. The SMILES string of the molecule is Cc1ccn(C(C)C(=O)Nc2c(C)nn(Cc3ccccc3F)c2C)n1. The van der Waals surface area contributed by atoms with Gasteiger partial charge in [-0.3, -0.25) is 14.2 Å². The predicted molar refractivity (Wildman–Crippen MR) is 97.5 cm³/mol. The number of rotatable bonds is 5. The largest absolute Gasteiger partial charge is 0.321 e. The number of anilines is 1. The molecule has 0 saturated heterocycles. The zero-order valence-corrected chi connectivity index (χ0v) is 15.3. The number of benzene rings is 1. The molecule has 7 heteroatoms. The number of amides is 1. The van der Waals surface area contributed by atoms with E-state index in [1.54, 1.807) is 40.7 Å². The minimum atomic E-state index is -0.447. The fourth-order valence-corrected chi connectivity index (χ4v) is 2.82. The Bertz CT molecular complexity index is 943. The third kappa shape index (κ3) is 3.51. The molecule has 2 heterocycles. The molecule has 0 fully saturated rings. The van der Waals surface area contributed by atoms with Crippen molar-refractivity contribution in [2.75, 3.05) is 5.32 Å². The number of carbonyl (C=O) groups excluding carboxylic acids is 1. The first-order chi connectivity index (χ1) is 12.4. The highest BCUT2D eigenvalue weighted by Crippen LogP contribution is 2.22. The molecule has 3 aromatic rings. The lowest BCUT2D eigenvalue weighted by atomic mass is 10.2. The van der Waals surface area contributed by atoms with E-state index in [1.165, 1.54) is 6.07 Å². The molecular weight excluding hydrogens is 333 g/mol. The summed E-state index contributed by atoms with van der Waals surface area (Å²) in [5.41, 5.74) is 3.53. The van der Waals surface area contributed by atoms with E-state index < -0.39 is 6.04 Å². The number of hydrogen-bond donors (Lipinski definition) is 1. The third-order valence-electron chi connectivity index (χ3n) is 4.43. The molecule has 1 amide bonds. The van der Waals surface area contributed by atoms with E-state index in [0.717, 1.165) is 11.4 Å². The van der Waals surface area contributed by atoms with Crippen molar-refractivity contribution in [2.24, 2.45) is 0 Å². The molecule has 1 N–H and O–H groups in total. The highest BCUT2D eigenvalue weighted by atomic mass is 19.1. The summed E-state index contributed by atoms with van der Waals surface area (Å²) in [5, 5.41) is 11.7. The Morgan fingerprint density at radius 3 is 2.58 bits per heavy atom. The van der Waals surface area contributed by atoms with Gasteiger partial charge in [-0.15, -0.1) is 0 Å². The molecule has 1 atom stereocenters. The molecule has 0 aliphatic heterocycles. The number of halogens is 1.